The number of carbonyl (C=O) groups excluding carboxylic acids is 2. The number of benzene rings is 3. The summed E-state index contributed by atoms with van der Waals surface area (Å²) in [5.74, 6) is -0.116. The Morgan fingerprint density at radius 1 is 0.977 bits per heavy atom. The van der Waals surface area contributed by atoms with Gasteiger partial charge in [0.15, 0.2) is 0 Å². The van der Waals surface area contributed by atoms with Crippen LogP contribution in [0.5, 0.6) is 5.75 Å². The molecule has 1 aliphatic rings. The normalized spacial score (nSPS) is 14.5. The summed E-state index contributed by atoms with van der Waals surface area (Å²) in [5.41, 5.74) is 2.50. The molecule has 1 saturated carbocycles. The van der Waals surface area contributed by atoms with Gasteiger partial charge in [0.25, 0.3) is 10.0 Å². The second-order valence-corrected chi connectivity index (χ2v) is 13.4. The van der Waals surface area contributed by atoms with Gasteiger partial charge in [-0.05, 0) is 81.1 Å². The summed E-state index contributed by atoms with van der Waals surface area (Å²) in [6, 6.07) is 17.9. The predicted molar refractivity (Wildman–Crippen MR) is 170 cm³/mol. The van der Waals surface area contributed by atoms with Gasteiger partial charge in [0.1, 0.15) is 18.3 Å². The number of rotatable bonds is 11. The Morgan fingerprint density at radius 3 is 2.26 bits per heavy atom. The van der Waals surface area contributed by atoms with Gasteiger partial charge >= 0.3 is 0 Å². The number of methoxy groups -OCH3 is 1. The summed E-state index contributed by atoms with van der Waals surface area (Å²) >= 11 is 6.41. The standard InChI is InChI=1S/C33H40ClN3O5S/c1-23-13-19-29(20-14-23)43(40,41)37(31-12-8-11-30(34)24(31)2)22-32(38)36(21-26-15-17-28(42-4)18-16-26)25(3)33(39)35-27-9-6-5-7-10-27/h8,11-20,25,27H,5-7,9-10,21-22H2,1-4H3,(H,35,39). The maximum absolute atomic E-state index is 14.2. The number of hydrogen-bond donors (Lipinski definition) is 1. The largest absolute Gasteiger partial charge is 0.497 e. The predicted octanol–water partition coefficient (Wildman–Crippen LogP) is 6.03. The summed E-state index contributed by atoms with van der Waals surface area (Å²) < 4.78 is 34.5. The Labute approximate surface area is 260 Å². The molecule has 1 atom stereocenters. The van der Waals surface area contributed by atoms with Gasteiger partial charge < -0.3 is 15.0 Å². The van der Waals surface area contributed by atoms with E-state index in [2.05, 4.69) is 5.32 Å². The van der Waals surface area contributed by atoms with Crippen molar-refractivity contribution in [1.29, 1.82) is 0 Å². The van der Waals surface area contributed by atoms with Gasteiger partial charge in [0, 0.05) is 17.6 Å². The van der Waals surface area contributed by atoms with Crippen LogP contribution in [0.1, 0.15) is 55.7 Å². The van der Waals surface area contributed by atoms with Gasteiger partial charge in [-0.3, -0.25) is 13.9 Å². The highest BCUT2D eigenvalue weighted by Crippen LogP contribution is 2.31. The van der Waals surface area contributed by atoms with Gasteiger partial charge in [-0.1, -0.05) is 66.8 Å². The van der Waals surface area contributed by atoms with Gasteiger partial charge in [0.2, 0.25) is 11.8 Å². The van der Waals surface area contributed by atoms with E-state index in [-0.39, 0.29) is 23.4 Å². The summed E-state index contributed by atoms with van der Waals surface area (Å²) in [7, 11) is -2.61. The van der Waals surface area contributed by atoms with E-state index in [1.807, 2.05) is 19.1 Å². The lowest BCUT2D eigenvalue weighted by Gasteiger charge is -2.33. The quantitative estimate of drug-likeness (QED) is 0.281. The highest BCUT2D eigenvalue weighted by Gasteiger charge is 2.34. The van der Waals surface area contributed by atoms with Crippen molar-refractivity contribution in [3.05, 3.63) is 88.4 Å². The number of halogens is 1. The molecule has 4 rings (SSSR count). The number of ether oxygens (including phenoxy) is 1. The zero-order valence-corrected chi connectivity index (χ0v) is 26.7. The molecule has 0 bridgehead atoms. The molecule has 10 heteroatoms. The molecule has 0 aliphatic heterocycles. The van der Waals surface area contributed by atoms with Crippen molar-refractivity contribution < 1.29 is 22.7 Å². The summed E-state index contributed by atoms with van der Waals surface area (Å²) in [6.07, 6.45) is 5.07. The number of amides is 2. The van der Waals surface area contributed by atoms with E-state index in [0.717, 1.165) is 47.5 Å². The van der Waals surface area contributed by atoms with E-state index in [0.29, 0.717) is 22.0 Å². The smallest absolute Gasteiger partial charge is 0.264 e. The molecule has 43 heavy (non-hydrogen) atoms. The third kappa shape index (κ3) is 7.89. The van der Waals surface area contributed by atoms with Crippen LogP contribution in [0, 0.1) is 13.8 Å². The maximum atomic E-state index is 14.2. The van der Waals surface area contributed by atoms with Crippen LogP contribution in [-0.4, -0.2) is 50.9 Å². The van der Waals surface area contributed by atoms with Crippen LogP contribution in [0.3, 0.4) is 0 Å². The Balaban J connectivity index is 1.70. The Kier molecular flexibility index (Phi) is 10.7. The van der Waals surface area contributed by atoms with Gasteiger partial charge in [0.05, 0.1) is 17.7 Å². The molecule has 0 aromatic heterocycles. The van der Waals surface area contributed by atoms with Crippen LogP contribution in [-0.2, 0) is 26.2 Å². The lowest BCUT2D eigenvalue weighted by Crippen LogP contribution is -2.53. The highest BCUT2D eigenvalue weighted by atomic mass is 35.5. The van der Waals surface area contributed by atoms with Gasteiger partial charge in [-0.2, -0.15) is 0 Å². The molecule has 1 N–H and O–H groups in total. The van der Waals surface area contributed by atoms with Crippen LogP contribution >= 0.6 is 11.6 Å². The van der Waals surface area contributed by atoms with Crippen molar-refractivity contribution in [2.45, 2.75) is 76.4 Å². The minimum absolute atomic E-state index is 0.0510. The van der Waals surface area contributed by atoms with Crippen molar-refractivity contribution >= 4 is 39.1 Å². The van der Waals surface area contributed by atoms with E-state index >= 15 is 0 Å². The van der Waals surface area contributed by atoms with E-state index in [1.165, 1.54) is 17.0 Å². The molecular weight excluding hydrogens is 586 g/mol. The Morgan fingerprint density at radius 2 is 1.63 bits per heavy atom. The van der Waals surface area contributed by atoms with Crippen LogP contribution in [0.25, 0.3) is 0 Å². The molecule has 3 aromatic rings. The number of hydrogen-bond acceptors (Lipinski definition) is 5. The minimum Gasteiger partial charge on any atom is -0.497 e. The van der Waals surface area contributed by atoms with E-state index in [9.17, 15) is 18.0 Å². The van der Waals surface area contributed by atoms with Crippen molar-refractivity contribution in [1.82, 2.24) is 10.2 Å². The molecule has 0 spiro atoms. The highest BCUT2D eigenvalue weighted by molar-refractivity contribution is 7.92. The molecule has 1 unspecified atom stereocenters. The first-order valence-electron chi connectivity index (χ1n) is 14.6. The second-order valence-electron chi connectivity index (χ2n) is 11.1. The van der Waals surface area contributed by atoms with Crippen molar-refractivity contribution in [3.8, 4) is 5.75 Å². The third-order valence-electron chi connectivity index (χ3n) is 8.03. The summed E-state index contributed by atoms with van der Waals surface area (Å²) in [6.45, 7) is 4.86. The molecule has 1 fully saturated rings. The lowest BCUT2D eigenvalue weighted by molar-refractivity contribution is -0.139. The zero-order chi connectivity index (χ0) is 31.1. The van der Waals surface area contributed by atoms with E-state index in [1.54, 1.807) is 63.4 Å². The summed E-state index contributed by atoms with van der Waals surface area (Å²) in [4.78, 5) is 29.2. The molecule has 8 nitrogen and oxygen atoms in total. The fourth-order valence-corrected chi connectivity index (χ4v) is 6.94. The zero-order valence-electron chi connectivity index (χ0n) is 25.2. The fraction of sp³-hybridized carbons (Fsp3) is 0.394. The van der Waals surface area contributed by atoms with E-state index < -0.39 is 28.5 Å². The topological polar surface area (TPSA) is 96.0 Å². The number of nitrogens with one attached hydrogen (secondary N) is 1. The first-order chi connectivity index (χ1) is 20.5. The maximum Gasteiger partial charge on any atom is 0.264 e. The number of nitrogens with zero attached hydrogens (tertiary/aromatic N) is 2. The number of anilines is 1. The van der Waals surface area contributed by atoms with Crippen LogP contribution < -0.4 is 14.4 Å². The monoisotopic (exact) mass is 625 g/mol. The van der Waals surface area contributed by atoms with Crippen LogP contribution in [0.15, 0.2) is 71.6 Å². The first-order valence-corrected chi connectivity index (χ1v) is 16.4. The number of sulfonamides is 1. The molecule has 2 amide bonds. The molecule has 0 radical (unpaired) electrons. The minimum atomic E-state index is -4.18. The summed E-state index contributed by atoms with van der Waals surface area (Å²) in [5, 5.41) is 3.50. The lowest BCUT2D eigenvalue weighted by atomic mass is 9.95. The molecule has 3 aromatic carbocycles. The SMILES string of the molecule is COc1ccc(CN(C(=O)CN(c2cccc(Cl)c2C)S(=O)(=O)c2ccc(C)cc2)C(C)C(=O)NC2CCCCC2)cc1. The molecule has 0 heterocycles. The van der Waals surface area contributed by atoms with Gasteiger partial charge in [-0.15, -0.1) is 0 Å². The number of aryl methyl sites for hydroxylation is 1. The fourth-order valence-electron chi connectivity index (χ4n) is 5.30. The van der Waals surface area contributed by atoms with Crippen molar-refractivity contribution in [2.75, 3.05) is 18.0 Å². The first kappa shape index (κ1) is 32.4. The Bertz CT molecular complexity index is 1520. The third-order valence-corrected chi connectivity index (χ3v) is 10.2. The molecule has 0 saturated heterocycles. The van der Waals surface area contributed by atoms with Crippen molar-refractivity contribution in [3.63, 3.8) is 0 Å². The molecular formula is C33H40ClN3O5S. The second kappa shape index (κ2) is 14.3. The van der Waals surface area contributed by atoms with Gasteiger partial charge in [-0.25, -0.2) is 8.42 Å². The number of carbonyl (C=O) groups is 2. The van der Waals surface area contributed by atoms with Crippen LogP contribution in [0.4, 0.5) is 5.69 Å². The van der Waals surface area contributed by atoms with E-state index in [4.69, 9.17) is 16.3 Å². The Hall–Kier alpha value is -3.56. The average Bonchev–Trinajstić information content (AvgIpc) is 3.00. The average molecular weight is 626 g/mol. The van der Waals surface area contributed by atoms with Crippen molar-refractivity contribution in [2.24, 2.45) is 0 Å². The van der Waals surface area contributed by atoms with Crippen LogP contribution in [0.2, 0.25) is 5.02 Å². The molecule has 1 aliphatic carbocycles. The molecule has 230 valence electrons.